The predicted octanol–water partition coefficient (Wildman–Crippen LogP) is 2.47. The number of Topliss-reactive ketones (excluding diaryl/α,β-unsaturated/α-hetero) is 1. The Balaban J connectivity index is 2.03. The molecule has 0 aliphatic heterocycles. The normalized spacial score (nSPS) is 11.1. The molecule has 0 saturated carbocycles. The van der Waals surface area contributed by atoms with Crippen molar-refractivity contribution in [1.29, 1.82) is 0 Å². The van der Waals surface area contributed by atoms with E-state index in [4.69, 9.17) is 11.2 Å². The Bertz CT molecular complexity index is 1040. The zero-order valence-electron chi connectivity index (χ0n) is 16.7. The van der Waals surface area contributed by atoms with E-state index >= 15 is 0 Å². The van der Waals surface area contributed by atoms with Crippen LogP contribution in [-0.4, -0.2) is 37.9 Å². The van der Waals surface area contributed by atoms with E-state index in [1.54, 1.807) is 6.07 Å². The Morgan fingerprint density at radius 3 is 2.45 bits per heavy atom. The molecule has 0 aliphatic carbocycles. The van der Waals surface area contributed by atoms with Crippen LogP contribution in [0, 0.1) is 26.2 Å². The molecule has 0 radical (unpaired) electrons. The summed E-state index contributed by atoms with van der Waals surface area (Å²) in [7, 11) is -3.74. The molecule has 1 aromatic heterocycles. The van der Waals surface area contributed by atoms with Crippen molar-refractivity contribution in [3.8, 4) is 12.3 Å². The number of nitrogens with zero attached hydrogens (tertiary/aromatic N) is 1. The summed E-state index contributed by atoms with van der Waals surface area (Å²) in [6, 6.07) is 6.99. The summed E-state index contributed by atoms with van der Waals surface area (Å²) >= 11 is 0. The SMILES string of the molecule is C#CCNS(=O)(=O)c1ccc(C(=O)OCC(=O)c2cc(C)n(CCC)c2C)cc1. The first kappa shape index (κ1) is 22.4. The van der Waals surface area contributed by atoms with Crippen molar-refractivity contribution in [2.24, 2.45) is 0 Å². The molecule has 2 aromatic rings. The van der Waals surface area contributed by atoms with Crippen LogP contribution in [0.5, 0.6) is 0 Å². The summed E-state index contributed by atoms with van der Waals surface area (Å²) in [5.41, 5.74) is 2.50. The number of aryl methyl sites for hydroxylation is 1. The van der Waals surface area contributed by atoms with E-state index in [1.807, 2.05) is 13.8 Å². The van der Waals surface area contributed by atoms with Gasteiger partial charge in [0.2, 0.25) is 15.8 Å². The molecule has 8 heteroatoms. The minimum absolute atomic E-state index is 0.0243. The second kappa shape index (κ2) is 9.54. The highest BCUT2D eigenvalue weighted by molar-refractivity contribution is 7.89. The van der Waals surface area contributed by atoms with Gasteiger partial charge in [-0.3, -0.25) is 4.79 Å². The lowest BCUT2D eigenvalue weighted by molar-refractivity contribution is 0.0474. The Morgan fingerprint density at radius 2 is 1.86 bits per heavy atom. The molecule has 0 bridgehead atoms. The van der Waals surface area contributed by atoms with Gasteiger partial charge < -0.3 is 9.30 Å². The van der Waals surface area contributed by atoms with Gasteiger partial charge in [-0.2, -0.15) is 4.72 Å². The summed E-state index contributed by atoms with van der Waals surface area (Å²) in [5.74, 6) is 1.19. The third-order valence-corrected chi connectivity index (χ3v) is 5.84. The maximum atomic E-state index is 12.5. The molecule has 1 heterocycles. The molecule has 1 N–H and O–H groups in total. The van der Waals surface area contributed by atoms with E-state index in [9.17, 15) is 18.0 Å². The van der Waals surface area contributed by atoms with Crippen molar-refractivity contribution in [3.05, 3.63) is 52.8 Å². The van der Waals surface area contributed by atoms with Gasteiger partial charge in [0.05, 0.1) is 17.0 Å². The van der Waals surface area contributed by atoms with E-state index in [0.29, 0.717) is 5.56 Å². The highest BCUT2D eigenvalue weighted by atomic mass is 32.2. The molecule has 7 nitrogen and oxygen atoms in total. The van der Waals surface area contributed by atoms with Crippen LogP contribution in [0.1, 0.15) is 45.4 Å². The van der Waals surface area contributed by atoms with Crippen molar-refractivity contribution in [3.63, 3.8) is 0 Å². The van der Waals surface area contributed by atoms with Gasteiger partial charge >= 0.3 is 5.97 Å². The van der Waals surface area contributed by atoms with Crippen LogP contribution in [0.4, 0.5) is 0 Å². The highest BCUT2D eigenvalue weighted by Gasteiger charge is 2.18. The molecule has 0 amide bonds. The zero-order chi connectivity index (χ0) is 21.6. The number of aromatic nitrogens is 1. The lowest BCUT2D eigenvalue weighted by Crippen LogP contribution is -2.24. The summed E-state index contributed by atoms with van der Waals surface area (Å²) in [6.45, 7) is 6.15. The summed E-state index contributed by atoms with van der Waals surface area (Å²) in [6.07, 6.45) is 5.99. The number of terminal acetylenes is 1. The maximum absolute atomic E-state index is 12.5. The molecule has 0 atom stereocenters. The van der Waals surface area contributed by atoms with Crippen LogP contribution in [0.25, 0.3) is 0 Å². The number of ether oxygens (including phenoxy) is 1. The highest BCUT2D eigenvalue weighted by Crippen LogP contribution is 2.17. The minimum atomic E-state index is -3.74. The maximum Gasteiger partial charge on any atom is 0.338 e. The monoisotopic (exact) mass is 416 g/mol. The van der Waals surface area contributed by atoms with Gasteiger partial charge in [0.1, 0.15) is 0 Å². The lowest BCUT2D eigenvalue weighted by atomic mass is 10.1. The number of rotatable bonds is 9. The van der Waals surface area contributed by atoms with Crippen LogP contribution >= 0.6 is 0 Å². The first-order chi connectivity index (χ1) is 13.7. The molecular formula is C21H24N2O5S. The molecule has 29 heavy (non-hydrogen) atoms. The Labute approximate surface area is 171 Å². The number of benzene rings is 1. The average molecular weight is 416 g/mol. The third kappa shape index (κ3) is 5.34. The van der Waals surface area contributed by atoms with Crippen molar-refractivity contribution in [1.82, 2.24) is 9.29 Å². The first-order valence-corrected chi connectivity index (χ1v) is 10.6. The number of carbonyl (C=O) groups excluding carboxylic acids is 2. The standard InChI is InChI=1S/C21H24N2O5S/c1-5-11-22-29(26,27)18-9-7-17(8-10-18)21(25)28-14-20(24)19-13-15(3)23(12-6-2)16(19)4/h1,7-10,13,22H,6,11-12,14H2,2-4H3. The zero-order valence-corrected chi connectivity index (χ0v) is 17.5. The molecule has 1 aromatic carbocycles. The van der Waals surface area contributed by atoms with Crippen molar-refractivity contribution in [2.45, 2.75) is 38.6 Å². The fraction of sp³-hybridized carbons (Fsp3) is 0.333. The van der Waals surface area contributed by atoms with E-state index in [2.05, 4.69) is 22.1 Å². The molecular weight excluding hydrogens is 392 g/mol. The number of nitrogens with one attached hydrogen (secondary N) is 1. The van der Waals surface area contributed by atoms with Gasteiger partial charge in [-0.25, -0.2) is 13.2 Å². The van der Waals surface area contributed by atoms with Gasteiger partial charge in [0.15, 0.2) is 6.61 Å². The number of hydrogen-bond acceptors (Lipinski definition) is 5. The number of carbonyl (C=O) groups is 2. The molecule has 154 valence electrons. The van der Waals surface area contributed by atoms with Gasteiger partial charge in [-0.05, 0) is 50.6 Å². The second-order valence-electron chi connectivity index (χ2n) is 6.49. The van der Waals surface area contributed by atoms with Crippen molar-refractivity contribution >= 4 is 21.8 Å². The number of sulfonamides is 1. The van der Waals surface area contributed by atoms with Crippen molar-refractivity contribution in [2.75, 3.05) is 13.2 Å². The Hall–Kier alpha value is -2.89. The molecule has 0 spiro atoms. The molecule has 0 saturated heterocycles. The minimum Gasteiger partial charge on any atom is -0.454 e. The summed E-state index contributed by atoms with van der Waals surface area (Å²) < 4.78 is 33.4. The predicted molar refractivity (Wildman–Crippen MR) is 109 cm³/mol. The molecule has 0 fully saturated rings. The van der Waals surface area contributed by atoms with Gasteiger partial charge in [0, 0.05) is 23.5 Å². The first-order valence-electron chi connectivity index (χ1n) is 9.11. The molecule has 0 aliphatic rings. The van der Waals surface area contributed by atoms with E-state index in [-0.39, 0.29) is 29.4 Å². The average Bonchev–Trinajstić information content (AvgIpc) is 2.99. The van der Waals surface area contributed by atoms with Gasteiger partial charge in [-0.15, -0.1) is 6.42 Å². The summed E-state index contributed by atoms with van der Waals surface area (Å²) in [5, 5.41) is 0. The van der Waals surface area contributed by atoms with E-state index in [1.165, 1.54) is 24.3 Å². The smallest absolute Gasteiger partial charge is 0.338 e. The fourth-order valence-electron chi connectivity index (χ4n) is 2.93. The fourth-order valence-corrected chi connectivity index (χ4v) is 3.87. The quantitative estimate of drug-likeness (QED) is 0.385. The number of ketones is 1. The number of hydrogen-bond donors (Lipinski definition) is 1. The topological polar surface area (TPSA) is 94.5 Å². The third-order valence-electron chi connectivity index (χ3n) is 4.42. The Kier molecular flexibility index (Phi) is 7.37. The summed E-state index contributed by atoms with van der Waals surface area (Å²) in [4.78, 5) is 24.6. The van der Waals surface area contributed by atoms with E-state index in [0.717, 1.165) is 24.4 Å². The Morgan fingerprint density at radius 1 is 1.21 bits per heavy atom. The molecule has 2 rings (SSSR count). The van der Waals surface area contributed by atoms with Crippen molar-refractivity contribution < 1.29 is 22.7 Å². The van der Waals surface area contributed by atoms with Crippen LogP contribution in [0.15, 0.2) is 35.2 Å². The van der Waals surface area contributed by atoms with E-state index < -0.39 is 16.0 Å². The van der Waals surface area contributed by atoms with Crippen LogP contribution in [-0.2, 0) is 21.3 Å². The second-order valence-corrected chi connectivity index (χ2v) is 8.26. The van der Waals surface area contributed by atoms with Gasteiger partial charge in [0.25, 0.3) is 0 Å². The number of esters is 1. The largest absolute Gasteiger partial charge is 0.454 e. The van der Waals surface area contributed by atoms with Crippen LogP contribution < -0.4 is 4.72 Å². The molecule has 0 unspecified atom stereocenters. The van der Waals surface area contributed by atoms with Gasteiger partial charge in [-0.1, -0.05) is 12.8 Å². The van der Waals surface area contributed by atoms with Crippen LogP contribution in [0.3, 0.4) is 0 Å². The van der Waals surface area contributed by atoms with Crippen LogP contribution in [0.2, 0.25) is 0 Å². The lowest BCUT2D eigenvalue weighted by Gasteiger charge is -2.08.